The summed E-state index contributed by atoms with van der Waals surface area (Å²) in [5.74, 6) is -0.314. The van der Waals surface area contributed by atoms with Crippen molar-refractivity contribution in [3.63, 3.8) is 0 Å². The van der Waals surface area contributed by atoms with E-state index in [1.807, 2.05) is 50.2 Å². The van der Waals surface area contributed by atoms with E-state index < -0.39 is 5.91 Å². The average molecular weight is 468 g/mol. The molecule has 6 heteroatoms. The smallest absolute Gasteiger partial charge is 0.282 e. The highest BCUT2D eigenvalue weighted by atomic mass is 16.5. The molecule has 2 aliphatic heterocycles. The number of imide groups is 1. The van der Waals surface area contributed by atoms with Crippen LogP contribution in [-0.2, 0) is 9.59 Å². The van der Waals surface area contributed by atoms with E-state index in [1.165, 1.54) is 30.5 Å². The van der Waals surface area contributed by atoms with Gasteiger partial charge in [0.15, 0.2) is 0 Å². The van der Waals surface area contributed by atoms with Crippen LogP contribution >= 0.6 is 0 Å². The van der Waals surface area contributed by atoms with Crippen LogP contribution in [0.4, 0.5) is 17.1 Å². The molecule has 0 aromatic heterocycles. The molecule has 178 valence electrons. The van der Waals surface area contributed by atoms with Crippen molar-refractivity contribution in [1.82, 2.24) is 0 Å². The minimum atomic E-state index is -0.405. The summed E-state index contributed by atoms with van der Waals surface area (Å²) in [5, 5.41) is 3.27. The molecular formula is C29H29N3O3. The van der Waals surface area contributed by atoms with E-state index in [-0.39, 0.29) is 11.6 Å². The van der Waals surface area contributed by atoms with Gasteiger partial charge in [-0.15, -0.1) is 0 Å². The fourth-order valence-corrected chi connectivity index (χ4v) is 4.90. The molecule has 0 aliphatic carbocycles. The van der Waals surface area contributed by atoms with Crippen LogP contribution in [0.15, 0.2) is 72.4 Å². The van der Waals surface area contributed by atoms with Gasteiger partial charge in [0.05, 0.1) is 18.4 Å². The number of nitrogens with one attached hydrogen (secondary N) is 1. The van der Waals surface area contributed by atoms with Gasteiger partial charge in [-0.1, -0.05) is 35.9 Å². The van der Waals surface area contributed by atoms with Gasteiger partial charge >= 0.3 is 0 Å². The summed E-state index contributed by atoms with van der Waals surface area (Å²) in [5.41, 5.74) is 5.75. The number of carbonyl (C=O) groups excluding carboxylic acids is 2. The first kappa shape index (κ1) is 22.7. The molecule has 0 saturated carbocycles. The van der Waals surface area contributed by atoms with E-state index in [0.29, 0.717) is 17.0 Å². The third kappa shape index (κ3) is 4.16. The molecule has 3 aromatic carbocycles. The quantitative estimate of drug-likeness (QED) is 0.498. The summed E-state index contributed by atoms with van der Waals surface area (Å²) in [4.78, 5) is 31.1. The first-order valence-electron chi connectivity index (χ1n) is 11.9. The van der Waals surface area contributed by atoms with E-state index in [2.05, 4.69) is 22.3 Å². The zero-order chi connectivity index (χ0) is 24.5. The monoisotopic (exact) mass is 467 g/mol. The molecule has 2 heterocycles. The topological polar surface area (TPSA) is 61.9 Å². The highest BCUT2D eigenvalue weighted by Crippen LogP contribution is 2.38. The Balaban J connectivity index is 1.57. The van der Waals surface area contributed by atoms with Crippen molar-refractivity contribution in [2.45, 2.75) is 26.7 Å². The van der Waals surface area contributed by atoms with Crippen molar-refractivity contribution < 1.29 is 14.3 Å². The number of amides is 2. The Labute approximate surface area is 205 Å². The van der Waals surface area contributed by atoms with E-state index in [4.69, 9.17) is 4.74 Å². The Morgan fingerprint density at radius 2 is 1.57 bits per heavy atom. The van der Waals surface area contributed by atoms with Crippen LogP contribution in [0, 0.1) is 13.8 Å². The van der Waals surface area contributed by atoms with Gasteiger partial charge in [-0.3, -0.25) is 9.59 Å². The molecular weight excluding hydrogens is 438 g/mol. The largest absolute Gasteiger partial charge is 0.495 e. The van der Waals surface area contributed by atoms with Crippen LogP contribution in [-0.4, -0.2) is 32.0 Å². The van der Waals surface area contributed by atoms with Gasteiger partial charge in [-0.25, -0.2) is 4.90 Å². The molecule has 0 unspecified atom stereocenters. The highest BCUT2D eigenvalue weighted by molar-refractivity contribution is 6.46. The Morgan fingerprint density at radius 1 is 0.857 bits per heavy atom. The molecule has 0 spiro atoms. The van der Waals surface area contributed by atoms with Crippen molar-refractivity contribution >= 4 is 34.4 Å². The molecule has 6 nitrogen and oxygen atoms in total. The first-order chi connectivity index (χ1) is 17.0. The molecule has 1 N–H and O–H groups in total. The van der Waals surface area contributed by atoms with Crippen LogP contribution in [0.5, 0.6) is 5.75 Å². The predicted molar refractivity (Wildman–Crippen MR) is 140 cm³/mol. The predicted octanol–water partition coefficient (Wildman–Crippen LogP) is 5.31. The Hall–Kier alpha value is -4.06. The third-order valence-corrected chi connectivity index (χ3v) is 6.67. The molecule has 2 amide bonds. The Morgan fingerprint density at radius 3 is 2.26 bits per heavy atom. The summed E-state index contributed by atoms with van der Waals surface area (Å²) in [6, 6.07) is 21.0. The zero-order valence-electron chi connectivity index (χ0n) is 20.3. The summed E-state index contributed by atoms with van der Waals surface area (Å²) < 4.78 is 5.46. The van der Waals surface area contributed by atoms with E-state index >= 15 is 0 Å². The Bertz CT molecular complexity index is 1320. The van der Waals surface area contributed by atoms with Crippen LogP contribution < -0.4 is 19.9 Å². The number of aryl methyl sites for hydroxylation is 2. The number of anilines is 3. The normalized spacial score (nSPS) is 15.9. The molecule has 0 atom stereocenters. The summed E-state index contributed by atoms with van der Waals surface area (Å²) >= 11 is 0. The van der Waals surface area contributed by atoms with Gasteiger partial charge in [0.25, 0.3) is 11.8 Å². The van der Waals surface area contributed by atoms with E-state index in [9.17, 15) is 9.59 Å². The summed E-state index contributed by atoms with van der Waals surface area (Å²) in [6.45, 7) is 6.10. The molecule has 5 rings (SSSR count). The van der Waals surface area contributed by atoms with Crippen molar-refractivity contribution in [3.8, 4) is 5.75 Å². The first-order valence-corrected chi connectivity index (χ1v) is 11.9. The maximum absolute atomic E-state index is 13.8. The minimum absolute atomic E-state index is 0.266. The van der Waals surface area contributed by atoms with Gasteiger partial charge in [0.2, 0.25) is 0 Å². The maximum Gasteiger partial charge on any atom is 0.282 e. The fourth-order valence-electron chi connectivity index (χ4n) is 4.90. The molecule has 0 radical (unpaired) electrons. The van der Waals surface area contributed by atoms with E-state index in [1.54, 1.807) is 18.2 Å². The zero-order valence-corrected chi connectivity index (χ0v) is 20.3. The van der Waals surface area contributed by atoms with Crippen molar-refractivity contribution in [1.29, 1.82) is 0 Å². The second-order valence-corrected chi connectivity index (χ2v) is 9.05. The van der Waals surface area contributed by atoms with Crippen molar-refractivity contribution in [2.75, 3.05) is 35.3 Å². The number of hydrogen-bond acceptors (Lipinski definition) is 5. The number of benzene rings is 3. The molecule has 1 saturated heterocycles. The van der Waals surface area contributed by atoms with Crippen LogP contribution in [0.3, 0.4) is 0 Å². The SMILES string of the molecule is COc1ccccc1N1C(=O)C(Nc2ccc(N3CCCC3)cc2)=C(c2ccc(C)cc2C)C1=O. The van der Waals surface area contributed by atoms with Crippen LogP contribution in [0.1, 0.15) is 29.5 Å². The number of para-hydroxylation sites is 2. The second-order valence-electron chi connectivity index (χ2n) is 9.05. The highest BCUT2D eigenvalue weighted by Gasteiger charge is 2.41. The number of nitrogens with zero attached hydrogens (tertiary/aromatic N) is 2. The van der Waals surface area contributed by atoms with Crippen molar-refractivity contribution in [3.05, 3.63) is 89.1 Å². The minimum Gasteiger partial charge on any atom is -0.495 e. The van der Waals surface area contributed by atoms with Crippen molar-refractivity contribution in [2.24, 2.45) is 0 Å². The lowest BCUT2D eigenvalue weighted by Crippen LogP contribution is -2.32. The number of hydrogen-bond donors (Lipinski definition) is 1. The molecule has 1 fully saturated rings. The Kier molecular flexibility index (Phi) is 6.03. The number of carbonyl (C=O) groups is 2. The lowest BCUT2D eigenvalue weighted by Gasteiger charge is -2.19. The summed E-state index contributed by atoms with van der Waals surface area (Å²) in [7, 11) is 1.53. The average Bonchev–Trinajstić information content (AvgIpc) is 3.47. The molecule has 2 aliphatic rings. The number of rotatable bonds is 6. The standard InChI is InChI=1S/C29H29N3O3/c1-19-10-15-23(20(2)18-19)26-27(30-21-11-13-22(14-12-21)31-16-6-7-17-31)29(34)32(28(26)33)24-8-4-5-9-25(24)35-3/h4-5,8-15,18,30H,6-7,16-17H2,1-3H3. The van der Waals surface area contributed by atoms with Gasteiger partial charge in [0, 0.05) is 24.5 Å². The van der Waals surface area contributed by atoms with Gasteiger partial charge in [0.1, 0.15) is 11.4 Å². The molecule has 0 bridgehead atoms. The van der Waals surface area contributed by atoms with Crippen LogP contribution in [0.2, 0.25) is 0 Å². The van der Waals surface area contributed by atoms with E-state index in [0.717, 1.165) is 35.5 Å². The molecule has 3 aromatic rings. The second kappa shape index (κ2) is 9.29. The van der Waals surface area contributed by atoms with Gasteiger partial charge in [-0.2, -0.15) is 0 Å². The van der Waals surface area contributed by atoms with Crippen LogP contribution in [0.25, 0.3) is 5.57 Å². The number of ether oxygens (including phenoxy) is 1. The summed E-state index contributed by atoms with van der Waals surface area (Å²) in [6.07, 6.45) is 2.42. The fraction of sp³-hybridized carbons (Fsp3) is 0.241. The number of methoxy groups -OCH3 is 1. The lowest BCUT2D eigenvalue weighted by molar-refractivity contribution is -0.120. The van der Waals surface area contributed by atoms with Gasteiger partial charge < -0.3 is 15.0 Å². The molecule has 35 heavy (non-hydrogen) atoms. The maximum atomic E-state index is 13.8. The lowest BCUT2D eigenvalue weighted by atomic mass is 9.97. The van der Waals surface area contributed by atoms with Gasteiger partial charge in [-0.05, 0) is 74.2 Å². The third-order valence-electron chi connectivity index (χ3n) is 6.67.